The molecule has 27 heavy (non-hydrogen) atoms. The van der Waals surface area contributed by atoms with Crippen LogP contribution in [0.3, 0.4) is 0 Å². The maximum Gasteiger partial charge on any atom is 0.227 e. The normalized spacial score (nSPS) is 23.3. The second-order valence-corrected chi connectivity index (χ2v) is 9.56. The number of rotatable bonds is 6. The average molecular weight is 394 g/mol. The van der Waals surface area contributed by atoms with Crippen molar-refractivity contribution in [2.75, 3.05) is 37.8 Å². The Bertz CT molecular complexity index is 807. The van der Waals surface area contributed by atoms with E-state index in [1.807, 2.05) is 7.05 Å². The zero-order valence-electron chi connectivity index (χ0n) is 15.8. The van der Waals surface area contributed by atoms with E-state index in [0.717, 1.165) is 25.9 Å². The third-order valence-corrected chi connectivity index (χ3v) is 7.26. The number of carbonyl (C=O) groups is 2. The van der Waals surface area contributed by atoms with Gasteiger partial charge in [0, 0.05) is 32.2 Å². The highest BCUT2D eigenvalue weighted by molar-refractivity contribution is 7.91. The van der Waals surface area contributed by atoms with Crippen molar-refractivity contribution in [3.63, 3.8) is 0 Å². The van der Waals surface area contributed by atoms with E-state index in [2.05, 4.69) is 10.2 Å². The molecular formula is C19H27N3O4S. The van der Waals surface area contributed by atoms with Gasteiger partial charge in [-0.25, -0.2) is 8.42 Å². The zero-order valence-corrected chi connectivity index (χ0v) is 16.7. The molecule has 2 aliphatic heterocycles. The number of benzene rings is 1. The second-order valence-electron chi connectivity index (χ2n) is 7.45. The van der Waals surface area contributed by atoms with Crippen molar-refractivity contribution in [2.24, 2.45) is 5.92 Å². The fraction of sp³-hybridized carbons (Fsp3) is 0.579. The Labute approximate surface area is 160 Å². The largest absolute Gasteiger partial charge is 0.344 e. The first-order valence-corrected chi connectivity index (χ1v) is 11.0. The smallest absolute Gasteiger partial charge is 0.227 e. The third kappa shape index (κ3) is 4.50. The van der Waals surface area contributed by atoms with Gasteiger partial charge in [-0.05, 0) is 56.6 Å². The minimum atomic E-state index is -3.37. The monoisotopic (exact) mass is 393 g/mol. The van der Waals surface area contributed by atoms with E-state index in [1.165, 1.54) is 19.1 Å². The summed E-state index contributed by atoms with van der Waals surface area (Å²) in [7, 11) is -1.53. The lowest BCUT2D eigenvalue weighted by Gasteiger charge is -2.35. The van der Waals surface area contributed by atoms with Gasteiger partial charge in [0.1, 0.15) is 0 Å². The van der Waals surface area contributed by atoms with Crippen LogP contribution in [0, 0.1) is 5.92 Å². The summed E-state index contributed by atoms with van der Waals surface area (Å²) in [6.45, 7) is 3.76. The highest BCUT2D eigenvalue weighted by Gasteiger charge is 2.43. The number of amides is 2. The van der Waals surface area contributed by atoms with Gasteiger partial charge in [0.05, 0.1) is 16.6 Å². The molecule has 0 aliphatic carbocycles. The molecule has 0 spiro atoms. The fourth-order valence-corrected chi connectivity index (χ4v) is 5.41. The lowest BCUT2D eigenvalue weighted by Crippen LogP contribution is -2.46. The third-order valence-electron chi connectivity index (χ3n) is 5.44. The molecule has 1 aromatic carbocycles. The Balaban J connectivity index is 1.56. The highest BCUT2D eigenvalue weighted by atomic mass is 32.2. The number of carbonyl (C=O) groups excluding carboxylic acids is 2. The van der Waals surface area contributed by atoms with Gasteiger partial charge >= 0.3 is 0 Å². The maximum atomic E-state index is 12.6. The first-order chi connectivity index (χ1) is 12.8. The molecule has 3 rings (SSSR count). The lowest BCUT2D eigenvalue weighted by atomic mass is 9.91. The molecule has 148 valence electrons. The molecule has 0 bridgehead atoms. The Morgan fingerprint density at radius 3 is 2.63 bits per heavy atom. The molecule has 0 aromatic heterocycles. The van der Waals surface area contributed by atoms with E-state index >= 15 is 0 Å². The summed E-state index contributed by atoms with van der Waals surface area (Å²) in [4.78, 5) is 27.6. The van der Waals surface area contributed by atoms with Crippen LogP contribution in [0.15, 0.2) is 29.2 Å². The molecule has 1 aromatic rings. The van der Waals surface area contributed by atoms with Gasteiger partial charge in [-0.3, -0.25) is 14.5 Å². The first kappa shape index (κ1) is 19.8. The highest BCUT2D eigenvalue weighted by Crippen LogP contribution is 2.31. The van der Waals surface area contributed by atoms with Gasteiger partial charge in [0.15, 0.2) is 9.84 Å². The van der Waals surface area contributed by atoms with Crippen molar-refractivity contribution in [1.29, 1.82) is 0 Å². The van der Waals surface area contributed by atoms with Crippen LogP contribution >= 0.6 is 0 Å². The minimum absolute atomic E-state index is 0.0710. The summed E-state index contributed by atoms with van der Waals surface area (Å²) < 4.78 is 25.1. The molecule has 0 radical (unpaired) electrons. The number of likely N-dealkylation sites (N-methyl/N-ethyl adjacent to an activating group) is 1. The number of hydrogen-bond donors (Lipinski definition) is 1. The minimum Gasteiger partial charge on any atom is -0.344 e. The van der Waals surface area contributed by atoms with E-state index < -0.39 is 9.84 Å². The van der Waals surface area contributed by atoms with Gasteiger partial charge in [0.2, 0.25) is 11.8 Å². The van der Waals surface area contributed by atoms with Gasteiger partial charge in [-0.1, -0.05) is 0 Å². The Kier molecular flexibility index (Phi) is 5.86. The first-order valence-electron chi connectivity index (χ1n) is 9.37. The quantitative estimate of drug-likeness (QED) is 0.789. The van der Waals surface area contributed by atoms with Gasteiger partial charge in [-0.15, -0.1) is 0 Å². The van der Waals surface area contributed by atoms with Crippen LogP contribution in [-0.2, 0) is 19.4 Å². The summed E-state index contributed by atoms with van der Waals surface area (Å²) in [5, 5.41) is 2.63. The van der Waals surface area contributed by atoms with E-state index in [9.17, 15) is 18.0 Å². The summed E-state index contributed by atoms with van der Waals surface area (Å²) in [6, 6.07) is 6.48. The summed E-state index contributed by atoms with van der Waals surface area (Å²) >= 11 is 0. The van der Waals surface area contributed by atoms with Crippen molar-refractivity contribution in [3.05, 3.63) is 24.3 Å². The molecule has 7 nitrogen and oxygen atoms in total. The molecule has 2 saturated heterocycles. The van der Waals surface area contributed by atoms with Crippen LogP contribution in [0.25, 0.3) is 0 Å². The SMILES string of the molecule is CC(=O)Nc1ccc(S(=O)(=O)CCCN2CCC[C@H]3C(=O)N(C)C[C@H]32)cc1. The molecule has 0 saturated carbocycles. The number of sulfone groups is 1. The summed E-state index contributed by atoms with van der Waals surface area (Å²) in [5.41, 5.74) is 0.579. The number of likely N-dealkylation sites (tertiary alicyclic amines) is 2. The van der Waals surface area contributed by atoms with Crippen LogP contribution < -0.4 is 5.32 Å². The van der Waals surface area contributed by atoms with E-state index in [1.54, 1.807) is 17.0 Å². The average Bonchev–Trinajstić information content (AvgIpc) is 2.90. The number of anilines is 1. The molecule has 1 N–H and O–H groups in total. The summed E-state index contributed by atoms with van der Waals surface area (Å²) in [6.07, 6.45) is 2.46. The molecule has 8 heteroatoms. The van der Waals surface area contributed by atoms with Crippen LogP contribution in [0.4, 0.5) is 5.69 Å². The van der Waals surface area contributed by atoms with Crippen LogP contribution in [-0.4, -0.2) is 68.5 Å². The van der Waals surface area contributed by atoms with Gasteiger partial charge in [-0.2, -0.15) is 0 Å². The summed E-state index contributed by atoms with van der Waals surface area (Å²) in [5.74, 6) is 0.171. The van der Waals surface area contributed by atoms with Crippen LogP contribution in [0.1, 0.15) is 26.2 Å². The number of piperidine rings is 1. The van der Waals surface area contributed by atoms with E-state index in [0.29, 0.717) is 18.7 Å². The molecule has 2 amide bonds. The van der Waals surface area contributed by atoms with Crippen molar-refractivity contribution >= 4 is 27.3 Å². The van der Waals surface area contributed by atoms with Crippen molar-refractivity contribution < 1.29 is 18.0 Å². The Hall–Kier alpha value is -1.93. The standard InChI is InChI=1S/C19H27N3O4S/c1-14(23)20-15-6-8-16(9-7-15)27(25,26)12-4-11-22-10-3-5-17-18(22)13-21(2)19(17)24/h6-9,17-18H,3-5,10-13H2,1-2H3,(H,20,23)/t17-,18-/m1/s1. The lowest BCUT2D eigenvalue weighted by molar-refractivity contribution is -0.130. The van der Waals surface area contributed by atoms with Crippen molar-refractivity contribution in [2.45, 2.75) is 37.1 Å². The van der Waals surface area contributed by atoms with Crippen molar-refractivity contribution in [3.8, 4) is 0 Å². The van der Waals surface area contributed by atoms with Crippen molar-refractivity contribution in [1.82, 2.24) is 9.80 Å². The van der Waals surface area contributed by atoms with Gasteiger partial charge in [0.25, 0.3) is 0 Å². The number of hydrogen-bond acceptors (Lipinski definition) is 5. The Morgan fingerprint density at radius 2 is 1.96 bits per heavy atom. The predicted molar refractivity (Wildman–Crippen MR) is 103 cm³/mol. The molecule has 2 fully saturated rings. The van der Waals surface area contributed by atoms with Crippen LogP contribution in [0.5, 0.6) is 0 Å². The van der Waals surface area contributed by atoms with Gasteiger partial charge < -0.3 is 10.2 Å². The van der Waals surface area contributed by atoms with E-state index in [-0.39, 0.29) is 34.4 Å². The molecule has 2 heterocycles. The molecule has 2 aliphatic rings. The fourth-order valence-electron chi connectivity index (χ4n) is 4.11. The number of nitrogens with one attached hydrogen (secondary N) is 1. The number of nitrogens with zero attached hydrogens (tertiary/aromatic N) is 2. The van der Waals surface area contributed by atoms with Crippen LogP contribution in [0.2, 0.25) is 0 Å². The second kappa shape index (κ2) is 7.98. The maximum absolute atomic E-state index is 12.6. The molecule has 0 unspecified atom stereocenters. The zero-order chi connectivity index (χ0) is 19.6. The molecule has 2 atom stereocenters. The Morgan fingerprint density at radius 1 is 1.26 bits per heavy atom. The molecular weight excluding hydrogens is 366 g/mol. The van der Waals surface area contributed by atoms with E-state index in [4.69, 9.17) is 0 Å². The predicted octanol–water partition coefficient (Wildman–Crippen LogP) is 1.36. The number of fused-ring (bicyclic) bond motifs is 1. The topological polar surface area (TPSA) is 86.8 Å².